The van der Waals surface area contributed by atoms with E-state index in [2.05, 4.69) is 0 Å². The third-order valence-electron chi connectivity index (χ3n) is 4.10. The zero-order valence-electron chi connectivity index (χ0n) is 19.3. The van der Waals surface area contributed by atoms with Crippen LogP contribution < -0.4 is 0 Å². The first-order chi connectivity index (χ1) is 15.5. The van der Waals surface area contributed by atoms with Gasteiger partial charge in [-0.2, -0.15) is 8.42 Å². The molecule has 0 aliphatic heterocycles. The number of hydrogen-bond acceptors (Lipinski definition) is 11. The molecule has 0 saturated heterocycles. The van der Waals surface area contributed by atoms with Gasteiger partial charge in [-0.15, -0.1) is 0 Å². The lowest BCUT2D eigenvalue weighted by Crippen LogP contribution is -2.56. The van der Waals surface area contributed by atoms with E-state index in [9.17, 15) is 22.8 Å². The van der Waals surface area contributed by atoms with Crippen LogP contribution in [-0.2, 0) is 52.4 Å². The monoisotopic (exact) mass is 490 g/mol. The number of aryl methyl sites for hydroxylation is 1. The second kappa shape index (κ2) is 13.2. The molecule has 0 spiro atoms. The van der Waals surface area contributed by atoms with Crippen molar-refractivity contribution in [2.75, 3.05) is 20.5 Å². The van der Waals surface area contributed by atoms with Gasteiger partial charge in [0.25, 0.3) is 10.1 Å². The summed E-state index contributed by atoms with van der Waals surface area (Å²) in [4.78, 5) is 36.3. The molecule has 186 valence electrons. The van der Waals surface area contributed by atoms with Crippen LogP contribution in [0.4, 0.5) is 0 Å². The van der Waals surface area contributed by atoms with E-state index >= 15 is 0 Å². The lowest BCUT2D eigenvalue weighted by Gasteiger charge is -2.36. The van der Waals surface area contributed by atoms with Crippen molar-refractivity contribution in [1.29, 1.82) is 0 Å². The summed E-state index contributed by atoms with van der Waals surface area (Å²) in [5, 5.41) is 0. The lowest BCUT2D eigenvalue weighted by molar-refractivity contribution is -0.375. The number of methoxy groups -OCH3 is 1. The summed E-state index contributed by atoms with van der Waals surface area (Å²) in [6.07, 6.45) is -2.23. The molecular weight excluding hydrogens is 460 g/mol. The number of carbonyl (C=O) groups excluding carboxylic acids is 3. The molecule has 0 heterocycles. The molecule has 1 aromatic rings. The predicted octanol–water partition coefficient (Wildman–Crippen LogP) is 2.20. The Bertz CT molecular complexity index is 848. The van der Waals surface area contributed by atoms with E-state index in [1.54, 1.807) is 19.1 Å². The van der Waals surface area contributed by atoms with Crippen LogP contribution in [0.25, 0.3) is 0 Å². The van der Waals surface area contributed by atoms with Gasteiger partial charge >= 0.3 is 23.9 Å². The lowest BCUT2D eigenvalue weighted by atomic mass is 10.2. The van der Waals surface area contributed by atoms with Crippen molar-refractivity contribution in [1.82, 2.24) is 0 Å². The summed E-state index contributed by atoms with van der Waals surface area (Å²) >= 11 is 0. The molecular formula is C21H30O11S. The average Bonchev–Trinajstić information content (AvgIpc) is 2.78. The smallest absolute Gasteiger partial charge is 0.386 e. The molecule has 0 N–H and O–H groups in total. The van der Waals surface area contributed by atoms with Gasteiger partial charge in [0.2, 0.25) is 6.10 Å². The molecule has 1 atom stereocenters. The number of ether oxygens (including phenoxy) is 5. The van der Waals surface area contributed by atoms with Crippen LogP contribution in [0, 0.1) is 6.92 Å². The number of esters is 3. The van der Waals surface area contributed by atoms with E-state index in [4.69, 9.17) is 27.9 Å². The van der Waals surface area contributed by atoms with Gasteiger partial charge in [-0.3, -0.25) is 18.6 Å². The third kappa shape index (κ3) is 8.72. The Labute approximate surface area is 193 Å². The SMILES string of the molecule is CCC(=O)OC(OC(=O)CC)(OC(=O)CC)[C@@H](COS(=O)(=O)c1ccc(C)cc1)OCOC. The third-order valence-corrected chi connectivity index (χ3v) is 5.40. The minimum absolute atomic E-state index is 0.147. The van der Waals surface area contributed by atoms with Crippen LogP contribution in [0.15, 0.2) is 29.2 Å². The fourth-order valence-electron chi connectivity index (χ4n) is 2.28. The standard InChI is InChI=1S/C21H30O11S/c1-6-18(22)30-21(31-19(23)7-2,32-20(24)8-3)17(28-14-27-5)13-29-33(25,26)16-11-9-15(4)10-12-16/h9-12,17H,6-8,13-14H2,1-5H3/t17-/m1/s1. The van der Waals surface area contributed by atoms with Crippen molar-refractivity contribution in [3.63, 3.8) is 0 Å². The Morgan fingerprint density at radius 2 is 1.33 bits per heavy atom. The van der Waals surface area contributed by atoms with Crippen molar-refractivity contribution in [3.05, 3.63) is 29.8 Å². The van der Waals surface area contributed by atoms with Gasteiger partial charge in [-0.25, -0.2) is 0 Å². The minimum atomic E-state index is -4.30. The number of hydrogen-bond donors (Lipinski definition) is 0. The molecule has 0 aliphatic carbocycles. The van der Waals surface area contributed by atoms with Crippen LogP contribution in [-0.4, -0.2) is 58.9 Å². The van der Waals surface area contributed by atoms with Gasteiger partial charge in [-0.1, -0.05) is 38.5 Å². The van der Waals surface area contributed by atoms with Crippen LogP contribution in [0.5, 0.6) is 0 Å². The summed E-state index contributed by atoms with van der Waals surface area (Å²) in [6.45, 7) is 4.85. The second-order valence-electron chi connectivity index (χ2n) is 6.70. The van der Waals surface area contributed by atoms with E-state index in [0.717, 1.165) is 5.56 Å². The fourth-order valence-corrected chi connectivity index (χ4v) is 3.19. The molecule has 0 radical (unpaired) electrons. The highest BCUT2D eigenvalue weighted by Gasteiger charge is 2.53. The Hall–Kier alpha value is -2.54. The van der Waals surface area contributed by atoms with Crippen molar-refractivity contribution >= 4 is 28.0 Å². The maximum Gasteiger partial charge on any atom is 0.454 e. The Morgan fingerprint density at radius 3 is 1.73 bits per heavy atom. The van der Waals surface area contributed by atoms with Crippen LogP contribution >= 0.6 is 0 Å². The summed E-state index contributed by atoms with van der Waals surface area (Å²) in [7, 11) is -3.03. The quantitative estimate of drug-likeness (QED) is 0.215. The zero-order valence-corrected chi connectivity index (χ0v) is 20.1. The molecule has 0 amide bonds. The molecule has 0 saturated carbocycles. The predicted molar refractivity (Wildman–Crippen MR) is 113 cm³/mol. The maximum atomic E-state index is 12.7. The Morgan fingerprint density at radius 1 is 0.879 bits per heavy atom. The van der Waals surface area contributed by atoms with Gasteiger partial charge in [0.15, 0.2) is 0 Å². The second-order valence-corrected chi connectivity index (χ2v) is 8.32. The Balaban J connectivity index is 3.39. The highest BCUT2D eigenvalue weighted by atomic mass is 32.2. The summed E-state index contributed by atoms with van der Waals surface area (Å²) in [6, 6.07) is 5.84. The van der Waals surface area contributed by atoms with Gasteiger partial charge in [-0.05, 0) is 19.1 Å². The number of carbonyl (C=O) groups is 3. The van der Waals surface area contributed by atoms with Gasteiger partial charge in [0.05, 0.1) is 4.90 Å². The molecule has 1 aromatic carbocycles. The first-order valence-corrected chi connectivity index (χ1v) is 11.7. The van der Waals surface area contributed by atoms with Crippen molar-refractivity contribution < 1.29 is 50.7 Å². The first kappa shape index (κ1) is 28.5. The molecule has 12 heteroatoms. The largest absolute Gasteiger partial charge is 0.454 e. The van der Waals surface area contributed by atoms with Crippen LogP contribution in [0.3, 0.4) is 0 Å². The zero-order chi connectivity index (χ0) is 25.1. The normalized spacial score (nSPS) is 12.6. The van der Waals surface area contributed by atoms with Crippen LogP contribution in [0.1, 0.15) is 45.6 Å². The molecule has 33 heavy (non-hydrogen) atoms. The molecule has 1 rings (SSSR count). The first-order valence-electron chi connectivity index (χ1n) is 10.3. The van der Waals surface area contributed by atoms with E-state index in [1.807, 2.05) is 0 Å². The Kier molecular flexibility index (Phi) is 11.4. The summed E-state index contributed by atoms with van der Waals surface area (Å²) in [5.41, 5.74) is 0.832. The van der Waals surface area contributed by atoms with Crippen molar-refractivity contribution in [2.24, 2.45) is 0 Å². The maximum absolute atomic E-state index is 12.7. The number of benzene rings is 1. The van der Waals surface area contributed by atoms with Crippen LogP contribution in [0.2, 0.25) is 0 Å². The van der Waals surface area contributed by atoms with E-state index in [1.165, 1.54) is 40.0 Å². The highest BCUT2D eigenvalue weighted by molar-refractivity contribution is 7.86. The summed E-state index contributed by atoms with van der Waals surface area (Å²) < 4.78 is 56.2. The highest BCUT2D eigenvalue weighted by Crippen LogP contribution is 2.28. The molecule has 0 unspecified atom stereocenters. The molecule has 0 aromatic heterocycles. The van der Waals surface area contributed by atoms with Gasteiger partial charge in [0, 0.05) is 26.4 Å². The molecule has 0 bridgehead atoms. The van der Waals surface area contributed by atoms with Gasteiger partial charge in [0.1, 0.15) is 13.4 Å². The molecule has 0 fully saturated rings. The van der Waals surface area contributed by atoms with E-state index in [0.29, 0.717) is 0 Å². The average molecular weight is 491 g/mol. The minimum Gasteiger partial charge on any atom is -0.386 e. The van der Waals surface area contributed by atoms with E-state index < -0.39 is 53.5 Å². The van der Waals surface area contributed by atoms with Gasteiger partial charge < -0.3 is 23.7 Å². The molecule has 0 aliphatic rings. The summed E-state index contributed by atoms with van der Waals surface area (Å²) in [5.74, 6) is -5.46. The van der Waals surface area contributed by atoms with E-state index in [-0.39, 0.29) is 24.2 Å². The van der Waals surface area contributed by atoms with Crippen molar-refractivity contribution in [3.8, 4) is 0 Å². The molecule has 11 nitrogen and oxygen atoms in total. The fraction of sp³-hybridized carbons (Fsp3) is 0.571. The van der Waals surface area contributed by atoms with Crippen molar-refractivity contribution in [2.45, 2.75) is 63.9 Å². The number of rotatable bonds is 14. The topological polar surface area (TPSA) is 141 Å².